The van der Waals surface area contributed by atoms with Gasteiger partial charge in [0.1, 0.15) is 6.61 Å². The molecule has 0 aliphatic rings. The molecule has 1 heterocycles. The SMILES string of the molecule is CS(=O)(=O)c1ccc(Cn2c(CO)n[nH]c2=S)cc1. The number of sulfone groups is 1. The van der Waals surface area contributed by atoms with E-state index in [4.69, 9.17) is 17.3 Å². The number of nitrogens with one attached hydrogen (secondary N) is 1. The molecule has 0 fully saturated rings. The van der Waals surface area contributed by atoms with Gasteiger partial charge in [-0.25, -0.2) is 8.42 Å². The van der Waals surface area contributed by atoms with Gasteiger partial charge in [0.25, 0.3) is 0 Å². The maximum atomic E-state index is 11.3. The minimum atomic E-state index is -3.19. The number of aliphatic hydroxyl groups is 1. The van der Waals surface area contributed by atoms with Crippen LogP contribution in [0.15, 0.2) is 29.2 Å². The number of hydrogen-bond donors (Lipinski definition) is 2. The van der Waals surface area contributed by atoms with Gasteiger partial charge in [0.05, 0.1) is 11.4 Å². The third-order valence-corrected chi connectivity index (χ3v) is 4.11. The molecule has 1 aromatic carbocycles. The van der Waals surface area contributed by atoms with E-state index in [-0.39, 0.29) is 11.5 Å². The minimum Gasteiger partial charge on any atom is -0.388 e. The number of H-pyrrole nitrogens is 1. The molecule has 0 radical (unpaired) electrons. The second-order valence-electron chi connectivity index (χ2n) is 4.11. The monoisotopic (exact) mass is 299 g/mol. The van der Waals surface area contributed by atoms with Gasteiger partial charge in [0.2, 0.25) is 0 Å². The summed E-state index contributed by atoms with van der Waals surface area (Å²) in [5.74, 6) is 0.442. The van der Waals surface area contributed by atoms with E-state index in [1.807, 2.05) is 0 Å². The van der Waals surface area contributed by atoms with E-state index in [2.05, 4.69) is 10.2 Å². The molecule has 1 aromatic heterocycles. The highest BCUT2D eigenvalue weighted by atomic mass is 32.2. The maximum absolute atomic E-state index is 11.3. The quantitative estimate of drug-likeness (QED) is 0.818. The van der Waals surface area contributed by atoms with Crippen LogP contribution in [-0.4, -0.2) is 34.5 Å². The maximum Gasteiger partial charge on any atom is 0.195 e. The molecular weight excluding hydrogens is 286 g/mol. The number of rotatable bonds is 4. The van der Waals surface area contributed by atoms with Crippen LogP contribution in [-0.2, 0) is 23.0 Å². The van der Waals surface area contributed by atoms with Crippen LogP contribution in [0.1, 0.15) is 11.4 Å². The van der Waals surface area contributed by atoms with Crippen molar-refractivity contribution in [2.45, 2.75) is 18.0 Å². The lowest BCUT2D eigenvalue weighted by Crippen LogP contribution is -2.06. The Morgan fingerprint density at radius 2 is 2.00 bits per heavy atom. The van der Waals surface area contributed by atoms with E-state index < -0.39 is 9.84 Å². The van der Waals surface area contributed by atoms with Crippen molar-refractivity contribution < 1.29 is 13.5 Å². The molecule has 0 aliphatic carbocycles. The molecule has 0 unspecified atom stereocenters. The van der Waals surface area contributed by atoms with Crippen molar-refractivity contribution in [2.75, 3.05) is 6.26 Å². The molecule has 2 N–H and O–H groups in total. The van der Waals surface area contributed by atoms with Crippen LogP contribution >= 0.6 is 12.2 Å². The van der Waals surface area contributed by atoms with E-state index in [1.54, 1.807) is 28.8 Å². The Labute approximate surface area is 115 Å². The molecule has 0 saturated heterocycles. The van der Waals surface area contributed by atoms with Gasteiger partial charge in [0.15, 0.2) is 20.4 Å². The zero-order valence-corrected chi connectivity index (χ0v) is 11.8. The molecule has 0 bridgehead atoms. The van der Waals surface area contributed by atoms with Crippen LogP contribution in [0.2, 0.25) is 0 Å². The Kier molecular flexibility index (Phi) is 3.83. The smallest absolute Gasteiger partial charge is 0.195 e. The summed E-state index contributed by atoms with van der Waals surface area (Å²) in [4.78, 5) is 0.273. The standard InChI is InChI=1S/C11H13N3O3S2/c1-19(16,17)9-4-2-8(3-5-9)6-14-10(7-15)12-13-11(14)18/h2-5,15H,6-7H2,1H3,(H,13,18). The third-order valence-electron chi connectivity index (χ3n) is 2.67. The average Bonchev–Trinajstić information content (AvgIpc) is 2.70. The molecule has 8 heteroatoms. The van der Waals surface area contributed by atoms with Gasteiger partial charge >= 0.3 is 0 Å². The Morgan fingerprint density at radius 1 is 1.37 bits per heavy atom. The first-order valence-electron chi connectivity index (χ1n) is 5.46. The van der Waals surface area contributed by atoms with Crippen LogP contribution in [0.25, 0.3) is 0 Å². The highest BCUT2D eigenvalue weighted by Crippen LogP contribution is 2.12. The van der Waals surface area contributed by atoms with E-state index in [9.17, 15) is 8.42 Å². The molecule has 2 rings (SSSR count). The predicted octanol–water partition coefficient (Wildman–Crippen LogP) is 0.885. The fraction of sp³-hybridized carbons (Fsp3) is 0.273. The Hall–Kier alpha value is -1.51. The van der Waals surface area contributed by atoms with Crippen LogP contribution in [0.5, 0.6) is 0 Å². The Bertz CT molecular complexity index is 729. The van der Waals surface area contributed by atoms with Crippen molar-refractivity contribution in [1.29, 1.82) is 0 Å². The summed E-state index contributed by atoms with van der Waals surface area (Å²) in [7, 11) is -3.19. The second-order valence-corrected chi connectivity index (χ2v) is 6.51. The first-order valence-corrected chi connectivity index (χ1v) is 7.75. The van der Waals surface area contributed by atoms with Crippen molar-refractivity contribution in [3.63, 3.8) is 0 Å². The molecule has 6 nitrogen and oxygen atoms in total. The van der Waals surface area contributed by atoms with Crippen LogP contribution in [0.3, 0.4) is 0 Å². The number of hydrogen-bond acceptors (Lipinski definition) is 5. The van der Waals surface area contributed by atoms with Crippen molar-refractivity contribution in [2.24, 2.45) is 0 Å². The summed E-state index contributed by atoms with van der Waals surface area (Å²) >= 11 is 5.06. The molecule has 102 valence electrons. The van der Waals surface area contributed by atoms with Crippen molar-refractivity contribution in [1.82, 2.24) is 14.8 Å². The fourth-order valence-electron chi connectivity index (χ4n) is 1.66. The minimum absolute atomic E-state index is 0.214. The van der Waals surface area contributed by atoms with Gasteiger partial charge in [0, 0.05) is 6.26 Å². The Balaban J connectivity index is 2.30. The van der Waals surface area contributed by atoms with Crippen LogP contribution in [0.4, 0.5) is 0 Å². The highest BCUT2D eigenvalue weighted by molar-refractivity contribution is 7.90. The van der Waals surface area contributed by atoms with E-state index >= 15 is 0 Å². The first kappa shape index (κ1) is 13.9. The first-order chi connectivity index (χ1) is 8.91. The summed E-state index contributed by atoms with van der Waals surface area (Å²) in [6, 6.07) is 6.53. The average molecular weight is 299 g/mol. The largest absolute Gasteiger partial charge is 0.388 e. The van der Waals surface area contributed by atoms with Gasteiger partial charge in [-0.15, -0.1) is 0 Å². The van der Waals surface area contributed by atoms with Crippen molar-refractivity contribution in [3.05, 3.63) is 40.4 Å². The number of aromatic amines is 1. The van der Waals surface area contributed by atoms with Gasteiger partial charge < -0.3 is 5.11 Å². The molecule has 0 spiro atoms. The zero-order valence-electron chi connectivity index (χ0n) is 10.2. The van der Waals surface area contributed by atoms with Gasteiger partial charge in [-0.05, 0) is 29.9 Å². The molecular formula is C11H13N3O3S2. The third kappa shape index (κ3) is 3.09. The highest BCUT2D eigenvalue weighted by Gasteiger charge is 2.08. The lowest BCUT2D eigenvalue weighted by Gasteiger charge is -2.06. The summed E-state index contributed by atoms with van der Waals surface area (Å²) < 4.78 is 24.8. The van der Waals surface area contributed by atoms with Crippen molar-refractivity contribution >= 4 is 22.1 Å². The van der Waals surface area contributed by atoms with Gasteiger partial charge in [-0.1, -0.05) is 12.1 Å². The van der Waals surface area contributed by atoms with Crippen LogP contribution < -0.4 is 0 Å². The van der Waals surface area contributed by atoms with Gasteiger partial charge in [-0.3, -0.25) is 9.67 Å². The Morgan fingerprint density at radius 3 is 2.53 bits per heavy atom. The molecule has 0 aliphatic heterocycles. The summed E-state index contributed by atoms with van der Waals surface area (Å²) in [6.45, 7) is 0.212. The lowest BCUT2D eigenvalue weighted by molar-refractivity contribution is 0.265. The van der Waals surface area contributed by atoms with Crippen LogP contribution in [0, 0.1) is 4.77 Å². The topological polar surface area (TPSA) is 88.0 Å². The number of benzene rings is 1. The summed E-state index contributed by atoms with van der Waals surface area (Å²) in [6.07, 6.45) is 1.16. The van der Waals surface area contributed by atoms with E-state index in [0.29, 0.717) is 17.1 Å². The zero-order chi connectivity index (χ0) is 14.0. The fourth-order valence-corrected chi connectivity index (χ4v) is 2.50. The lowest BCUT2D eigenvalue weighted by atomic mass is 10.2. The molecule has 0 saturated carbocycles. The molecule has 2 aromatic rings. The second kappa shape index (κ2) is 5.24. The normalized spacial score (nSPS) is 11.7. The molecule has 19 heavy (non-hydrogen) atoms. The number of aliphatic hydroxyl groups excluding tert-OH is 1. The van der Waals surface area contributed by atoms with Gasteiger partial charge in [-0.2, -0.15) is 5.10 Å². The summed E-state index contributed by atoms with van der Waals surface area (Å²) in [5.41, 5.74) is 0.875. The number of nitrogens with zero attached hydrogens (tertiary/aromatic N) is 2. The molecule has 0 atom stereocenters. The molecule has 0 amide bonds. The van der Waals surface area contributed by atoms with Crippen molar-refractivity contribution in [3.8, 4) is 0 Å². The van der Waals surface area contributed by atoms with E-state index in [1.165, 1.54) is 0 Å². The predicted molar refractivity (Wildman–Crippen MR) is 72.0 cm³/mol. The number of aromatic nitrogens is 3. The van der Waals surface area contributed by atoms with E-state index in [0.717, 1.165) is 11.8 Å². The summed E-state index contributed by atoms with van der Waals surface area (Å²) in [5, 5.41) is 15.6.